The molecule has 0 spiro atoms. The van der Waals surface area contributed by atoms with E-state index in [-0.39, 0.29) is 11.5 Å². The van der Waals surface area contributed by atoms with Gasteiger partial charge in [-0.2, -0.15) is 0 Å². The Labute approximate surface area is 209 Å². The van der Waals surface area contributed by atoms with Crippen molar-refractivity contribution in [1.29, 1.82) is 0 Å². The number of hydrogen-bond donors (Lipinski definition) is 1. The maximum absolute atomic E-state index is 15.2. The van der Waals surface area contributed by atoms with Crippen LogP contribution in [0.15, 0.2) is 36.7 Å². The molecule has 3 aromatic rings. The SMILES string of the molecule is CCc1ncnc(-c2ccc(C(=O)N3CCN(C(C)=O)CC3)c(F)c2)c1C#Cc1ccc(N)nc1C. The van der Waals surface area contributed by atoms with Crippen molar-refractivity contribution in [3.8, 4) is 23.1 Å². The molecule has 1 aromatic carbocycles. The van der Waals surface area contributed by atoms with Gasteiger partial charge in [-0.05, 0) is 37.6 Å². The molecule has 2 N–H and O–H groups in total. The highest BCUT2D eigenvalue weighted by Gasteiger charge is 2.25. The summed E-state index contributed by atoms with van der Waals surface area (Å²) < 4.78 is 15.2. The second kappa shape index (κ2) is 10.5. The molecule has 3 heterocycles. The maximum atomic E-state index is 15.2. The number of aromatic nitrogens is 3. The molecule has 0 bridgehead atoms. The Bertz CT molecular complexity index is 1390. The molecular formula is C27H27FN6O2. The number of rotatable bonds is 3. The molecule has 0 atom stereocenters. The lowest BCUT2D eigenvalue weighted by Gasteiger charge is -2.34. The van der Waals surface area contributed by atoms with Crippen LogP contribution in [0.25, 0.3) is 11.3 Å². The molecule has 184 valence electrons. The summed E-state index contributed by atoms with van der Waals surface area (Å²) in [6, 6.07) is 7.94. The monoisotopic (exact) mass is 486 g/mol. The topological polar surface area (TPSA) is 105 Å². The average molecular weight is 487 g/mol. The Hall–Kier alpha value is -4.32. The quantitative estimate of drug-likeness (QED) is 0.571. The lowest BCUT2D eigenvalue weighted by Crippen LogP contribution is -2.50. The molecule has 8 nitrogen and oxygen atoms in total. The van der Waals surface area contributed by atoms with Crippen molar-refractivity contribution >= 4 is 17.6 Å². The number of anilines is 1. The largest absolute Gasteiger partial charge is 0.384 e. The van der Waals surface area contributed by atoms with Crippen LogP contribution in [0.4, 0.5) is 10.2 Å². The number of nitrogens with zero attached hydrogens (tertiary/aromatic N) is 5. The van der Waals surface area contributed by atoms with Gasteiger partial charge < -0.3 is 15.5 Å². The Morgan fingerprint density at radius 1 is 1.06 bits per heavy atom. The van der Waals surface area contributed by atoms with E-state index >= 15 is 4.39 Å². The van der Waals surface area contributed by atoms with Crippen LogP contribution in [0.2, 0.25) is 0 Å². The predicted molar refractivity (Wildman–Crippen MR) is 134 cm³/mol. The van der Waals surface area contributed by atoms with E-state index in [0.29, 0.717) is 60.9 Å². The number of amides is 2. The summed E-state index contributed by atoms with van der Waals surface area (Å²) >= 11 is 0. The first-order chi connectivity index (χ1) is 17.3. The van der Waals surface area contributed by atoms with Gasteiger partial charge in [-0.25, -0.2) is 19.3 Å². The van der Waals surface area contributed by atoms with Crippen LogP contribution in [0.1, 0.15) is 46.7 Å². The third-order valence-corrected chi connectivity index (χ3v) is 6.18. The van der Waals surface area contributed by atoms with Gasteiger partial charge in [0.2, 0.25) is 5.91 Å². The Balaban J connectivity index is 1.65. The summed E-state index contributed by atoms with van der Waals surface area (Å²) in [7, 11) is 0. The van der Waals surface area contributed by atoms with Crippen LogP contribution >= 0.6 is 0 Å². The van der Waals surface area contributed by atoms with Crippen LogP contribution in [-0.2, 0) is 11.2 Å². The average Bonchev–Trinajstić information content (AvgIpc) is 2.87. The van der Waals surface area contributed by atoms with Gasteiger partial charge in [-0.1, -0.05) is 24.8 Å². The molecule has 1 aliphatic rings. The Morgan fingerprint density at radius 2 is 1.78 bits per heavy atom. The van der Waals surface area contributed by atoms with Gasteiger partial charge in [0.1, 0.15) is 18.0 Å². The normalized spacial score (nSPS) is 13.2. The first kappa shape index (κ1) is 24.8. The van der Waals surface area contributed by atoms with E-state index in [9.17, 15) is 9.59 Å². The highest BCUT2D eigenvalue weighted by Crippen LogP contribution is 2.26. The van der Waals surface area contributed by atoms with Gasteiger partial charge >= 0.3 is 0 Å². The van der Waals surface area contributed by atoms with Crippen LogP contribution in [0.5, 0.6) is 0 Å². The molecule has 4 rings (SSSR count). The zero-order valence-electron chi connectivity index (χ0n) is 20.5. The number of hydrogen-bond acceptors (Lipinski definition) is 6. The van der Waals surface area contributed by atoms with E-state index < -0.39 is 11.7 Å². The molecule has 0 radical (unpaired) electrons. The first-order valence-corrected chi connectivity index (χ1v) is 11.7. The third kappa shape index (κ3) is 5.18. The second-order valence-electron chi connectivity index (χ2n) is 8.51. The number of halogens is 1. The number of benzene rings is 1. The molecule has 1 aliphatic heterocycles. The number of aryl methyl sites for hydroxylation is 2. The zero-order chi connectivity index (χ0) is 25.8. The van der Waals surface area contributed by atoms with E-state index in [0.717, 1.165) is 11.3 Å². The number of carbonyl (C=O) groups excluding carboxylic acids is 2. The van der Waals surface area contributed by atoms with E-state index in [4.69, 9.17) is 5.73 Å². The minimum Gasteiger partial charge on any atom is -0.384 e. The predicted octanol–water partition coefficient (Wildman–Crippen LogP) is 2.83. The number of pyridine rings is 1. The fourth-order valence-corrected chi connectivity index (χ4v) is 4.11. The molecule has 0 unspecified atom stereocenters. The summed E-state index contributed by atoms with van der Waals surface area (Å²) in [6.45, 7) is 6.89. The highest BCUT2D eigenvalue weighted by molar-refractivity contribution is 5.95. The second-order valence-corrected chi connectivity index (χ2v) is 8.51. The smallest absolute Gasteiger partial charge is 0.256 e. The van der Waals surface area contributed by atoms with E-state index in [2.05, 4.69) is 26.8 Å². The first-order valence-electron chi connectivity index (χ1n) is 11.7. The van der Waals surface area contributed by atoms with Crippen molar-refractivity contribution in [3.63, 3.8) is 0 Å². The zero-order valence-corrected chi connectivity index (χ0v) is 20.5. The van der Waals surface area contributed by atoms with Crippen molar-refractivity contribution in [2.45, 2.75) is 27.2 Å². The van der Waals surface area contributed by atoms with Gasteiger partial charge in [0, 0.05) is 44.2 Å². The van der Waals surface area contributed by atoms with Crippen LogP contribution in [0.3, 0.4) is 0 Å². The number of nitrogens with two attached hydrogens (primary N) is 1. The summed E-state index contributed by atoms with van der Waals surface area (Å²) in [6.07, 6.45) is 2.05. The highest BCUT2D eigenvalue weighted by atomic mass is 19.1. The molecule has 0 saturated carbocycles. The Morgan fingerprint density at radius 3 is 2.42 bits per heavy atom. The summed E-state index contributed by atoms with van der Waals surface area (Å²) in [5.41, 5.74) is 9.46. The van der Waals surface area contributed by atoms with Crippen molar-refractivity contribution in [2.75, 3.05) is 31.9 Å². The summed E-state index contributed by atoms with van der Waals surface area (Å²) in [4.78, 5) is 40.7. The lowest BCUT2D eigenvalue weighted by atomic mass is 10.0. The fraction of sp³-hybridized carbons (Fsp3) is 0.296. The number of piperazine rings is 1. The van der Waals surface area contributed by atoms with Gasteiger partial charge in [0.25, 0.3) is 5.91 Å². The van der Waals surface area contributed by atoms with Crippen molar-refractivity contribution in [3.05, 3.63) is 70.6 Å². The molecule has 0 aliphatic carbocycles. The molecule has 36 heavy (non-hydrogen) atoms. The standard InChI is InChI=1S/C27H27FN6O2/c1-4-24-22(9-5-19-7-10-25(29)32-17(19)2)26(31-16-30-24)20-6-8-21(23(28)15-20)27(36)34-13-11-33(12-14-34)18(3)35/h6-8,10,15-16H,4,11-14H2,1-3H3,(H2,29,32). The molecule has 2 aromatic heterocycles. The van der Waals surface area contributed by atoms with Crippen molar-refractivity contribution in [2.24, 2.45) is 0 Å². The summed E-state index contributed by atoms with van der Waals surface area (Å²) in [5.74, 6) is 5.60. The fourth-order valence-electron chi connectivity index (χ4n) is 4.11. The van der Waals surface area contributed by atoms with E-state index in [1.54, 1.807) is 28.0 Å². The van der Waals surface area contributed by atoms with Crippen molar-refractivity contribution in [1.82, 2.24) is 24.8 Å². The van der Waals surface area contributed by atoms with Crippen molar-refractivity contribution < 1.29 is 14.0 Å². The number of carbonyl (C=O) groups is 2. The molecular weight excluding hydrogens is 459 g/mol. The third-order valence-electron chi connectivity index (χ3n) is 6.18. The molecule has 1 fully saturated rings. The van der Waals surface area contributed by atoms with E-state index in [1.165, 1.54) is 25.4 Å². The molecule has 9 heteroatoms. The van der Waals surface area contributed by atoms with Gasteiger partial charge in [-0.3, -0.25) is 9.59 Å². The molecule has 2 amide bonds. The van der Waals surface area contributed by atoms with Gasteiger partial charge in [0.15, 0.2) is 0 Å². The molecule has 1 saturated heterocycles. The van der Waals surface area contributed by atoms with Crippen LogP contribution in [-0.4, -0.2) is 62.7 Å². The number of nitrogen functional groups attached to an aromatic ring is 1. The Kier molecular flexibility index (Phi) is 7.25. The van der Waals surface area contributed by atoms with Crippen LogP contribution in [0, 0.1) is 24.6 Å². The minimum atomic E-state index is -0.638. The van der Waals surface area contributed by atoms with Gasteiger partial charge in [0.05, 0.1) is 28.2 Å². The lowest BCUT2D eigenvalue weighted by molar-refractivity contribution is -0.130. The van der Waals surface area contributed by atoms with Gasteiger partial charge in [-0.15, -0.1) is 0 Å². The van der Waals surface area contributed by atoms with E-state index in [1.807, 2.05) is 13.8 Å². The summed E-state index contributed by atoms with van der Waals surface area (Å²) in [5, 5.41) is 0. The maximum Gasteiger partial charge on any atom is 0.256 e. The van der Waals surface area contributed by atoms with Crippen LogP contribution < -0.4 is 5.73 Å². The minimum absolute atomic E-state index is 0.0176.